The number of halogens is 2. The van der Waals surface area contributed by atoms with Gasteiger partial charge in [0.2, 0.25) is 11.8 Å². The molecule has 0 spiro atoms. The standard InChI is InChI=1S/C18H18F2N2O2/c1-11-3-5-13(6-4-11)17(21-12(2)23)10-18(24)22-16-8-7-14(19)9-15(16)20/h3-9,17H,10H2,1-2H3,(H,21,23)(H,22,24). The molecule has 4 nitrogen and oxygen atoms in total. The minimum Gasteiger partial charge on any atom is -0.349 e. The smallest absolute Gasteiger partial charge is 0.226 e. The molecule has 2 amide bonds. The van der Waals surface area contributed by atoms with Crippen LogP contribution in [0, 0.1) is 18.6 Å². The lowest BCUT2D eigenvalue weighted by molar-refractivity contribution is -0.120. The van der Waals surface area contributed by atoms with Crippen LogP contribution in [0.5, 0.6) is 0 Å². The zero-order valence-electron chi connectivity index (χ0n) is 13.4. The average Bonchev–Trinajstić information content (AvgIpc) is 2.50. The summed E-state index contributed by atoms with van der Waals surface area (Å²) in [6, 6.07) is 9.77. The molecular weight excluding hydrogens is 314 g/mol. The van der Waals surface area contributed by atoms with Gasteiger partial charge in [0.25, 0.3) is 0 Å². The van der Waals surface area contributed by atoms with Crippen molar-refractivity contribution in [2.75, 3.05) is 5.32 Å². The van der Waals surface area contributed by atoms with Gasteiger partial charge < -0.3 is 10.6 Å². The molecule has 24 heavy (non-hydrogen) atoms. The summed E-state index contributed by atoms with van der Waals surface area (Å²) in [7, 11) is 0. The van der Waals surface area contributed by atoms with Crippen LogP contribution in [0.1, 0.15) is 30.5 Å². The van der Waals surface area contributed by atoms with Crippen LogP contribution in [0.15, 0.2) is 42.5 Å². The molecule has 2 N–H and O–H groups in total. The molecule has 1 atom stereocenters. The molecule has 2 aromatic rings. The van der Waals surface area contributed by atoms with E-state index in [0.717, 1.165) is 23.3 Å². The Balaban J connectivity index is 2.12. The summed E-state index contributed by atoms with van der Waals surface area (Å²) in [5, 5.41) is 5.09. The van der Waals surface area contributed by atoms with Crippen molar-refractivity contribution >= 4 is 17.5 Å². The fraction of sp³-hybridized carbons (Fsp3) is 0.222. The molecule has 126 valence electrons. The van der Waals surface area contributed by atoms with E-state index in [9.17, 15) is 18.4 Å². The predicted molar refractivity (Wildman–Crippen MR) is 87.3 cm³/mol. The Labute approximate surface area is 138 Å². The van der Waals surface area contributed by atoms with Gasteiger partial charge in [-0.05, 0) is 24.6 Å². The third-order valence-electron chi connectivity index (χ3n) is 3.45. The fourth-order valence-electron chi connectivity index (χ4n) is 2.27. The monoisotopic (exact) mass is 332 g/mol. The molecule has 2 rings (SSSR count). The Bertz CT molecular complexity index is 745. The second kappa shape index (κ2) is 7.68. The zero-order chi connectivity index (χ0) is 17.7. The normalized spacial score (nSPS) is 11.7. The van der Waals surface area contributed by atoms with Gasteiger partial charge in [0, 0.05) is 13.0 Å². The van der Waals surface area contributed by atoms with Crippen LogP contribution in [0.4, 0.5) is 14.5 Å². The van der Waals surface area contributed by atoms with Crippen LogP contribution >= 0.6 is 0 Å². The fourth-order valence-corrected chi connectivity index (χ4v) is 2.27. The Morgan fingerprint density at radius 3 is 2.33 bits per heavy atom. The molecule has 0 bridgehead atoms. The van der Waals surface area contributed by atoms with Crippen LogP contribution in [0.2, 0.25) is 0 Å². The highest BCUT2D eigenvalue weighted by molar-refractivity contribution is 5.91. The number of amides is 2. The highest BCUT2D eigenvalue weighted by Crippen LogP contribution is 2.20. The summed E-state index contributed by atoms with van der Waals surface area (Å²) >= 11 is 0. The number of aryl methyl sites for hydroxylation is 1. The van der Waals surface area contributed by atoms with E-state index in [4.69, 9.17) is 0 Å². The largest absolute Gasteiger partial charge is 0.349 e. The highest BCUT2D eigenvalue weighted by Gasteiger charge is 2.18. The van der Waals surface area contributed by atoms with Crippen molar-refractivity contribution in [3.8, 4) is 0 Å². The quantitative estimate of drug-likeness (QED) is 0.881. The summed E-state index contributed by atoms with van der Waals surface area (Å²) in [6.07, 6.45) is -0.0700. The van der Waals surface area contributed by atoms with Gasteiger partial charge in [-0.15, -0.1) is 0 Å². The number of rotatable bonds is 5. The molecule has 0 saturated heterocycles. The number of anilines is 1. The SMILES string of the molecule is CC(=O)NC(CC(=O)Nc1ccc(F)cc1F)c1ccc(C)cc1. The molecule has 0 radical (unpaired) electrons. The Hall–Kier alpha value is -2.76. The summed E-state index contributed by atoms with van der Waals surface area (Å²) in [6.45, 7) is 3.29. The van der Waals surface area contributed by atoms with Crippen molar-refractivity contribution < 1.29 is 18.4 Å². The van der Waals surface area contributed by atoms with Gasteiger partial charge in [0.1, 0.15) is 11.6 Å². The number of benzene rings is 2. The maximum absolute atomic E-state index is 13.6. The molecule has 0 aliphatic rings. The second-order valence-corrected chi connectivity index (χ2v) is 5.54. The van der Waals surface area contributed by atoms with E-state index in [2.05, 4.69) is 10.6 Å². The maximum atomic E-state index is 13.6. The van der Waals surface area contributed by atoms with Crippen molar-refractivity contribution in [2.24, 2.45) is 0 Å². The van der Waals surface area contributed by atoms with Gasteiger partial charge in [-0.25, -0.2) is 8.78 Å². The molecule has 0 saturated carbocycles. The predicted octanol–water partition coefficient (Wildman–Crippen LogP) is 3.48. The van der Waals surface area contributed by atoms with Crippen molar-refractivity contribution in [3.63, 3.8) is 0 Å². The van der Waals surface area contributed by atoms with E-state index >= 15 is 0 Å². The Kier molecular flexibility index (Phi) is 5.63. The van der Waals surface area contributed by atoms with Crippen molar-refractivity contribution in [1.82, 2.24) is 5.32 Å². The van der Waals surface area contributed by atoms with Gasteiger partial charge >= 0.3 is 0 Å². The van der Waals surface area contributed by atoms with Gasteiger partial charge in [-0.1, -0.05) is 29.8 Å². The second-order valence-electron chi connectivity index (χ2n) is 5.54. The minimum atomic E-state index is -0.852. The first-order valence-corrected chi connectivity index (χ1v) is 7.43. The summed E-state index contributed by atoms with van der Waals surface area (Å²) in [5.41, 5.74) is 1.72. The first-order chi connectivity index (χ1) is 11.3. The molecule has 0 aliphatic carbocycles. The van der Waals surface area contributed by atoms with E-state index in [-0.39, 0.29) is 18.0 Å². The lowest BCUT2D eigenvalue weighted by Gasteiger charge is -2.18. The van der Waals surface area contributed by atoms with Gasteiger partial charge in [0.05, 0.1) is 18.2 Å². The van der Waals surface area contributed by atoms with Gasteiger partial charge in [-0.2, -0.15) is 0 Å². The molecule has 1 unspecified atom stereocenters. The average molecular weight is 332 g/mol. The van der Waals surface area contributed by atoms with Gasteiger partial charge in [0.15, 0.2) is 0 Å². The number of nitrogens with one attached hydrogen (secondary N) is 2. The molecular formula is C18H18F2N2O2. The van der Waals surface area contributed by atoms with E-state index in [1.165, 1.54) is 6.92 Å². The molecule has 0 heterocycles. The lowest BCUT2D eigenvalue weighted by atomic mass is 10.0. The summed E-state index contributed by atoms with van der Waals surface area (Å²) in [5.74, 6) is -2.34. The third-order valence-corrected chi connectivity index (χ3v) is 3.45. The molecule has 6 heteroatoms. The van der Waals surface area contributed by atoms with E-state index < -0.39 is 23.6 Å². The van der Waals surface area contributed by atoms with Crippen LogP contribution in [0.3, 0.4) is 0 Å². The summed E-state index contributed by atoms with van der Waals surface area (Å²) < 4.78 is 26.5. The minimum absolute atomic E-state index is 0.0700. The lowest BCUT2D eigenvalue weighted by Crippen LogP contribution is -2.29. The number of hydrogen-bond acceptors (Lipinski definition) is 2. The first-order valence-electron chi connectivity index (χ1n) is 7.43. The Morgan fingerprint density at radius 1 is 1.08 bits per heavy atom. The topological polar surface area (TPSA) is 58.2 Å². The molecule has 0 aromatic heterocycles. The van der Waals surface area contributed by atoms with Gasteiger partial charge in [-0.3, -0.25) is 9.59 Å². The van der Waals surface area contributed by atoms with Crippen LogP contribution in [0.25, 0.3) is 0 Å². The van der Waals surface area contributed by atoms with Crippen molar-refractivity contribution in [2.45, 2.75) is 26.3 Å². The van der Waals surface area contributed by atoms with E-state index in [0.29, 0.717) is 6.07 Å². The third kappa shape index (κ3) is 4.87. The van der Waals surface area contributed by atoms with Crippen molar-refractivity contribution in [3.05, 3.63) is 65.2 Å². The summed E-state index contributed by atoms with van der Waals surface area (Å²) in [4.78, 5) is 23.5. The van der Waals surface area contributed by atoms with Crippen LogP contribution in [-0.2, 0) is 9.59 Å². The first kappa shape index (κ1) is 17.6. The Morgan fingerprint density at radius 2 is 1.75 bits per heavy atom. The van der Waals surface area contributed by atoms with Crippen LogP contribution < -0.4 is 10.6 Å². The van der Waals surface area contributed by atoms with E-state index in [1.807, 2.05) is 31.2 Å². The number of carbonyl (C=O) groups is 2. The molecule has 0 fully saturated rings. The number of hydrogen-bond donors (Lipinski definition) is 2. The molecule has 0 aliphatic heterocycles. The van der Waals surface area contributed by atoms with E-state index in [1.54, 1.807) is 0 Å². The highest BCUT2D eigenvalue weighted by atomic mass is 19.1. The van der Waals surface area contributed by atoms with Crippen molar-refractivity contribution in [1.29, 1.82) is 0 Å². The van der Waals surface area contributed by atoms with Crippen LogP contribution in [-0.4, -0.2) is 11.8 Å². The number of carbonyl (C=O) groups excluding carboxylic acids is 2. The zero-order valence-corrected chi connectivity index (χ0v) is 13.4. The molecule has 2 aromatic carbocycles. The maximum Gasteiger partial charge on any atom is 0.226 e.